The van der Waals surface area contributed by atoms with Crippen LogP contribution in [0, 0.1) is 0 Å². The van der Waals surface area contributed by atoms with Crippen LogP contribution in [0.25, 0.3) is 11.4 Å². The van der Waals surface area contributed by atoms with Crippen LogP contribution in [-0.4, -0.2) is 26.4 Å². The maximum atomic E-state index is 12.8. The third-order valence-corrected chi connectivity index (χ3v) is 6.50. The van der Waals surface area contributed by atoms with E-state index in [4.69, 9.17) is 11.6 Å². The number of aromatic nitrogens is 3. The molecule has 0 unspecified atom stereocenters. The van der Waals surface area contributed by atoms with Crippen molar-refractivity contribution in [3.8, 4) is 11.4 Å². The van der Waals surface area contributed by atoms with Gasteiger partial charge in [-0.25, -0.2) is 0 Å². The van der Waals surface area contributed by atoms with Gasteiger partial charge in [0, 0.05) is 11.3 Å². The van der Waals surface area contributed by atoms with Crippen LogP contribution in [0.4, 0.5) is 5.69 Å². The van der Waals surface area contributed by atoms with Gasteiger partial charge in [0.25, 0.3) is 0 Å². The van der Waals surface area contributed by atoms with Gasteiger partial charge in [-0.3, -0.25) is 9.36 Å². The Balaban J connectivity index is 1.56. The molecule has 1 N–H and O–H groups in total. The molecule has 0 aliphatic heterocycles. The minimum absolute atomic E-state index is 0.0818. The van der Waals surface area contributed by atoms with Gasteiger partial charge < -0.3 is 5.32 Å². The fourth-order valence-electron chi connectivity index (χ4n) is 3.58. The standard InChI is InChI=1S/C26H25ClN4OS/c1-18(2)20-12-7-9-15-23(20)28-24(32)17-33-26-30-29-25(21-13-6-8-14-22(21)27)31(26)16-19-10-4-3-5-11-19/h3-15,18H,16-17H2,1-2H3,(H,28,32). The molecular formula is C26H25ClN4OS. The zero-order valence-electron chi connectivity index (χ0n) is 18.5. The number of amides is 1. The Labute approximate surface area is 203 Å². The molecule has 1 aromatic heterocycles. The molecule has 4 rings (SSSR count). The minimum atomic E-state index is -0.0818. The van der Waals surface area contributed by atoms with Crippen molar-refractivity contribution in [2.75, 3.05) is 11.1 Å². The summed E-state index contributed by atoms with van der Waals surface area (Å²) in [4.78, 5) is 12.8. The molecule has 3 aromatic carbocycles. The third-order valence-electron chi connectivity index (χ3n) is 5.20. The Bertz CT molecular complexity index is 1240. The number of para-hydroxylation sites is 1. The van der Waals surface area contributed by atoms with Crippen LogP contribution < -0.4 is 5.32 Å². The number of hydrogen-bond donors (Lipinski definition) is 1. The Hall–Kier alpha value is -3.09. The summed E-state index contributed by atoms with van der Waals surface area (Å²) < 4.78 is 2.01. The van der Waals surface area contributed by atoms with Crippen molar-refractivity contribution in [1.82, 2.24) is 14.8 Å². The number of nitrogens with one attached hydrogen (secondary N) is 1. The van der Waals surface area contributed by atoms with Gasteiger partial charge in [0.15, 0.2) is 11.0 Å². The number of halogens is 1. The number of carbonyl (C=O) groups excluding carboxylic acids is 1. The van der Waals surface area contributed by atoms with Crippen LogP contribution in [0.2, 0.25) is 5.02 Å². The molecule has 33 heavy (non-hydrogen) atoms. The molecule has 7 heteroatoms. The number of hydrogen-bond acceptors (Lipinski definition) is 4. The molecule has 0 atom stereocenters. The van der Waals surface area contributed by atoms with Crippen LogP contribution in [0.15, 0.2) is 84.0 Å². The first kappa shape index (κ1) is 23.1. The molecule has 0 fully saturated rings. The number of thioether (sulfide) groups is 1. The molecule has 0 saturated heterocycles. The largest absolute Gasteiger partial charge is 0.325 e. The molecule has 4 aromatic rings. The quantitative estimate of drug-likeness (QED) is 0.295. The summed E-state index contributed by atoms with van der Waals surface area (Å²) in [5.74, 6) is 1.14. The molecule has 1 heterocycles. The molecule has 5 nitrogen and oxygen atoms in total. The second-order valence-electron chi connectivity index (χ2n) is 7.94. The van der Waals surface area contributed by atoms with Gasteiger partial charge in [0.1, 0.15) is 0 Å². The van der Waals surface area contributed by atoms with Crippen LogP contribution in [0.3, 0.4) is 0 Å². The number of carbonyl (C=O) groups is 1. The molecular weight excluding hydrogens is 452 g/mol. The van der Waals surface area contributed by atoms with Gasteiger partial charge in [0.2, 0.25) is 5.91 Å². The number of anilines is 1. The summed E-state index contributed by atoms with van der Waals surface area (Å²) in [6.45, 7) is 4.80. The van der Waals surface area contributed by atoms with E-state index in [0.717, 1.165) is 22.4 Å². The average molecular weight is 477 g/mol. The van der Waals surface area contributed by atoms with Crippen LogP contribution in [0.5, 0.6) is 0 Å². The van der Waals surface area contributed by atoms with E-state index in [9.17, 15) is 4.79 Å². The summed E-state index contributed by atoms with van der Waals surface area (Å²) in [6.07, 6.45) is 0. The maximum absolute atomic E-state index is 12.8. The minimum Gasteiger partial charge on any atom is -0.325 e. The summed E-state index contributed by atoms with van der Waals surface area (Å²) in [6, 6.07) is 25.6. The smallest absolute Gasteiger partial charge is 0.234 e. The van der Waals surface area contributed by atoms with Gasteiger partial charge >= 0.3 is 0 Å². The van der Waals surface area contributed by atoms with E-state index in [-0.39, 0.29) is 11.7 Å². The normalized spacial score (nSPS) is 11.0. The van der Waals surface area contributed by atoms with Gasteiger partial charge in [-0.15, -0.1) is 10.2 Å². The van der Waals surface area contributed by atoms with Crippen LogP contribution in [-0.2, 0) is 11.3 Å². The molecule has 0 saturated carbocycles. The highest BCUT2D eigenvalue weighted by atomic mass is 35.5. The first-order valence-corrected chi connectivity index (χ1v) is 12.1. The predicted molar refractivity (Wildman–Crippen MR) is 136 cm³/mol. The Morgan fingerprint density at radius 1 is 0.970 bits per heavy atom. The summed E-state index contributed by atoms with van der Waals surface area (Å²) in [5.41, 5.74) is 3.89. The van der Waals surface area contributed by atoms with Crippen molar-refractivity contribution in [2.45, 2.75) is 31.5 Å². The van der Waals surface area contributed by atoms with Crippen LogP contribution in [0.1, 0.15) is 30.9 Å². The summed E-state index contributed by atoms with van der Waals surface area (Å²) in [5, 5.41) is 13.1. The summed E-state index contributed by atoms with van der Waals surface area (Å²) >= 11 is 7.81. The monoisotopic (exact) mass is 476 g/mol. The van der Waals surface area contributed by atoms with Crippen molar-refractivity contribution in [3.05, 3.63) is 95.0 Å². The van der Waals surface area contributed by atoms with Crippen molar-refractivity contribution < 1.29 is 4.79 Å². The Kier molecular flexibility index (Phi) is 7.47. The lowest BCUT2D eigenvalue weighted by atomic mass is 10.0. The zero-order valence-corrected chi connectivity index (χ0v) is 20.1. The zero-order chi connectivity index (χ0) is 23.2. The molecule has 0 radical (unpaired) electrons. The lowest BCUT2D eigenvalue weighted by molar-refractivity contribution is -0.113. The fourth-order valence-corrected chi connectivity index (χ4v) is 4.53. The Morgan fingerprint density at radius 3 is 2.42 bits per heavy atom. The highest BCUT2D eigenvalue weighted by Crippen LogP contribution is 2.30. The van der Waals surface area contributed by atoms with E-state index in [1.807, 2.05) is 71.3 Å². The second kappa shape index (κ2) is 10.7. The highest BCUT2D eigenvalue weighted by Gasteiger charge is 2.18. The van der Waals surface area contributed by atoms with Crippen molar-refractivity contribution >= 4 is 35.0 Å². The van der Waals surface area contributed by atoms with Crippen molar-refractivity contribution in [3.63, 3.8) is 0 Å². The molecule has 168 valence electrons. The lowest BCUT2D eigenvalue weighted by Crippen LogP contribution is -2.16. The van der Waals surface area contributed by atoms with Crippen molar-refractivity contribution in [1.29, 1.82) is 0 Å². The molecule has 0 aliphatic carbocycles. The van der Waals surface area contributed by atoms with Crippen molar-refractivity contribution in [2.24, 2.45) is 0 Å². The van der Waals surface area contributed by atoms with E-state index in [1.54, 1.807) is 0 Å². The van der Waals surface area contributed by atoms with Gasteiger partial charge in [0.05, 0.1) is 17.3 Å². The molecule has 0 bridgehead atoms. The van der Waals surface area contributed by atoms with Gasteiger partial charge in [-0.05, 0) is 35.2 Å². The van der Waals surface area contributed by atoms with Crippen LogP contribution >= 0.6 is 23.4 Å². The third kappa shape index (κ3) is 5.64. The molecule has 0 aliphatic rings. The number of nitrogens with zero attached hydrogens (tertiary/aromatic N) is 3. The van der Waals surface area contributed by atoms with Gasteiger partial charge in [-0.1, -0.05) is 97.9 Å². The van der Waals surface area contributed by atoms with Gasteiger partial charge in [-0.2, -0.15) is 0 Å². The Morgan fingerprint density at radius 2 is 1.67 bits per heavy atom. The SMILES string of the molecule is CC(C)c1ccccc1NC(=O)CSc1nnc(-c2ccccc2Cl)n1Cc1ccccc1. The number of rotatable bonds is 8. The summed E-state index contributed by atoms with van der Waals surface area (Å²) in [7, 11) is 0. The predicted octanol–water partition coefficient (Wildman–Crippen LogP) is 6.50. The van der Waals surface area contributed by atoms with E-state index in [0.29, 0.717) is 28.5 Å². The van der Waals surface area contributed by atoms with E-state index in [1.165, 1.54) is 11.8 Å². The fraction of sp³-hybridized carbons (Fsp3) is 0.192. The molecule has 1 amide bonds. The highest BCUT2D eigenvalue weighted by molar-refractivity contribution is 7.99. The van der Waals surface area contributed by atoms with E-state index < -0.39 is 0 Å². The van der Waals surface area contributed by atoms with E-state index >= 15 is 0 Å². The number of benzene rings is 3. The maximum Gasteiger partial charge on any atom is 0.234 e. The average Bonchev–Trinajstić information content (AvgIpc) is 3.21. The first-order chi connectivity index (χ1) is 16.0. The topological polar surface area (TPSA) is 59.8 Å². The lowest BCUT2D eigenvalue weighted by Gasteiger charge is -2.14. The first-order valence-electron chi connectivity index (χ1n) is 10.8. The second-order valence-corrected chi connectivity index (χ2v) is 9.29. The molecule has 0 spiro atoms. The van der Waals surface area contributed by atoms with E-state index in [2.05, 4.69) is 41.5 Å².